The number of anilines is 1. The van der Waals surface area contributed by atoms with Crippen molar-refractivity contribution >= 4 is 21.9 Å². The molecule has 21 heavy (non-hydrogen) atoms. The number of hydrogen-bond donors (Lipinski definition) is 2. The molecular weight excluding hydrogens is 298 g/mol. The summed E-state index contributed by atoms with van der Waals surface area (Å²) in [6.45, 7) is 2.29. The van der Waals surface area contributed by atoms with Gasteiger partial charge in [-0.1, -0.05) is 6.92 Å². The standard InChI is InChI=1S/C11H15N5O4S/c1-3-4-16-6-8(5-9(16)10(17)18)21(19,20)14-11-12-7-13-15(11)2/h5-7H,3-4H2,1-2H3,(H,17,18)(H,12,13,14). The third-order valence-corrected chi connectivity index (χ3v) is 4.10. The lowest BCUT2D eigenvalue weighted by atomic mass is 10.4. The molecule has 0 spiro atoms. The molecule has 0 amide bonds. The average molecular weight is 313 g/mol. The van der Waals surface area contributed by atoms with Gasteiger partial charge in [0.2, 0.25) is 5.95 Å². The quantitative estimate of drug-likeness (QED) is 0.802. The number of rotatable bonds is 6. The first-order valence-corrected chi connectivity index (χ1v) is 7.63. The van der Waals surface area contributed by atoms with Crippen molar-refractivity contribution in [3.8, 4) is 0 Å². The van der Waals surface area contributed by atoms with E-state index in [1.165, 1.54) is 28.8 Å². The zero-order chi connectivity index (χ0) is 15.6. The van der Waals surface area contributed by atoms with Crippen LogP contribution in [-0.2, 0) is 23.6 Å². The van der Waals surface area contributed by atoms with Crippen molar-refractivity contribution in [1.82, 2.24) is 19.3 Å². The maximum atomic E-state index is 12.2. The van der Waals surface area contributed by atoms with Gasteiger partial charge in [-0.3, -0.25) is 0 Å². The minimum absolute atomic E-state index is 0.0510. The Morgan fingerprint density at radius 2 is 2.19 bits per heavy atom. The van der Waals surface area contributed by atoms with Gasteiger partial charge in [-0.25, -0.2) is 22.6 Å². The van der Waals surface area contributed by atoms with Gasteiger partial charge in [0, 0.05) is 19.8 Å². The Morgan fingerprint density at radius 3 is 2.71 bits per heavy atom. The van der Waals surface area contributed by atoms with Crippen molar-refractivity contribution < 1.29 is 18.3 Å². The SMILES string of the molecule is CCCn1cc(S(=O)(=O)Nc2ncnn2C)cc1C(=O)O. The number of carboxylic acid groups (broad SMARTS) is 1. The monoisotopic (exact) mass is 313 g/mol. The molecule has 0 bridgehead atoms. The summed E-state index contributed by atoms with van der Waals surface area (Å²) in [6, 6.07) is 1.12. The topological polar surface area (TPSA) is 119 Å². The van der Waals surface area contributed by atoms with Crippen LogP contribution in [0.25, 0.3) is 0 Å². The van der Waals surface area contributed by atoms with E-state index in [2.05, 4.69) is 14.8 Å². The van der Waals surface area contributed by atoms with E-state index in [-0.39, 0.29) is 16.5 Å². The molecule has 2 heterocycles. The fourth-order valence-electron chi connectivity index (χ4n) is 1.80. The van der Waals surface area contributed by atoms with Crippen molar-refractivity contribution in [3.05, 3.63) is 24.3 Å². The number of carboxylic acids is 1. The summed E-state index contributed by atoms with van der Waals surface area (Å²) in [4.78, 5) is 14.8. The molecular formula is C11H15N5O4S. The predicted molar refractivity (Wildman–Crippen MR) is 73.5 cm³/mol. The summed E-state index contributed by atoms with van der Waals surface area (Å²) >= 11 is 0. The van der Waals surface area contributed by atoms with E-state index < -0.39 is 16.0 Å². The Kier molecular flexibility index (Phi) is 3.98. The van der Waals surface area contributed by atoms with Gasteiger partial charge in [0.05, 0.1) is 0 Å². The zero-order valence-electron chi connectivity index (χ0n) is 11.5. The van der Waals surface area contributed by atoms with Crippen LogP contribution in [0.4, 0.5) is 5.95 Å². The van der Waals surface area contributed by atoms with Crippen LogP contribution < -0.4 is 4.72 Å². The normalized spacial score (nSPS) is 11.5. The lowest BCUT2D eigenvalue weighted by Crippen LogP contribution is -2.15. The maximum Gasteiger partial charge on any atom is 0.352 e. The molecule has 0 fully saturated rings. The highest BCUT2D eigenvalue weighted by molar-refractivity contribution is 7.92. The van der Waals surface area contributed by atoms with E-state index in [9.17, 15) is 13.2 Å². The highest BCUT2D eigenvalue weighted by Gasteiger charge is 2.22. The molecule has 0 aliphatic carbocycles. The minimum atomic E-state index is -3.92. The first kappa shape index (κ1) is 15.0. The van der Waals surface area contributed by atoms with Gasteiger partial charge >= 0.3 is 5.97 Å². The molecule has 10 heteroatoms. The largest absolute Gasteiger partial charge is 0.477 e. The molecule has 0 saturated heterocycles. The molecule has 0 aliphatic heterocycles. The molecule has 2 rings (SSSR count). The molecule has 0 atom stereocenters. The Labute approximate surface area is 121 Å². The molecule has 0 aliphatic rings. The highest BCUT2D eigenvalue weighted by Crippen LogP contribution is 2.18. The van der Waals surface area contributed by atoms with Gasteiger partial charge < -0.3 is 9.67 Å². The van der Waals surface area contributed by atoms with Crippen LogP contribution in [0.3, 0.4) is 0 Å². The molecule has 0 saturated carbocycles. The number of sulfonamides is 1. The number of carbonyl (C=O) groups is 1. The molecule has 0 aromatic carbocycles. The van der Waals surface area contributed by atoms with Crippen molar-refractivity contribution in [3.63, 3.8) is 0 Å². The highest BCUT2D eigenvalue weighted by atomic mass is 32.2. The molecule has 0 radical (unpaired) electrons. The van der Waals surface area contributed by atoms with Gasteiger partial charge in [0.15, 0.2) is 0 Å². The lowest BCUT2D eigenvalue weighted by molar-refractivity contribution is 0.0685. The molecule has 2 N–H and O–H groups in total. The number of aryl methyl sites for hydroxylation is 2. The second-order valence-electron chi connectivity index (χ2n) is 4.37. The van der Waals surface area contributed by atoms with Crippen LogP contribution in [0.2, 0.25) is 0 Å². The molecule has 2 aromatic rings. The van der Waals surface area contributed by atoms with Crippen molar-refractivity contribution in [2.24, 2.45) is 7.05 Å². The number of aromatic nitrogens is 4. The first-order chi connectivity index (χ1) is 9.85. The lowest BCUT2D eigenvalue weighted by Gasteiger charge is -2.04. The van der Waals surface area contributed by atoms with Crippen molar-refractivity contribution in [2.75, 3.05) is 4.72 Å². The van der Waals surface area contributed by atoms with Gasteiger partial charge in [-0.05, 0) is 12.5 Å². The van der Waals surface area contributed by atoms with Crippen LogP contribution in [-0.4, -0.2) is 38.8 Å². The second-order valence-corrected chi connectivity index (χ2v) is 6.05. The van der Waals surface area contributed by atoms with Crippen LogP contribution in [0, 0.1) is 0 Å². The summed E-state index contributed by atoms with van der Waals surface area (Å²) in [7, 11) is -2.38. The van der Waals surface area contributed by atoms with E-state index in [4.69, 9.17) is 5.11 Å². The van der Waals surface area contributed by atoms with E-state index in [0.717, 1.165) is 6.07 Å². The molecule has 9 nitrogen and oxygen atoms in total. The van der Waals surface area contributed by atoms with Gasteiger partial charge in [0.1, 0.15) is 16.9 Å². The number of hydrogen-bond acceptors (Lipinski definition) is 5. The minimum Gasteiger partial charge on any atom is -0.477 e. The van der Waals surface area contributed by atoms with Crippen LogP contribution in [0.15, 0.2) is 23.5 Å². The number of nitrogens with zero attached hydrogens (tertiary/aromatic N) is 4. The number of nitrogens with one attached hydrogen (secondary N) is 1. The maximum absolute atomic E-state index is 12.2. The van der Waals surface area contributed by atoms with E-state index >= 15 is 0 Å². The predicted octanol–water partition coefficient (Wildman–Crippen LogP) is 0.526. The van der Waals surface area contributed by atoms with Crippen LogP contribution >= 0.6 is 0 Å². The first-order valence-electron chi connectivity index (χ1n) is 6.15. The van der Waals surface area contributed by atoms with E-state index in [0.29, 0.717) is 13.0 Å². The fourth-order valence-corrected chi connectivity index (χ4v) is 2.88. The van der Waals surface area contributed by atoms with E-state index in [1.807, 2.05) is 6.92 Å². The third kappa shape index (κ3) is 3.05. The molecule has 2 aromatic heterocycles. The summed E-state index contributed by atoms with van der Waals surface area (Å²) in [5.41, 5.74) is -0.0739. The Bertz CT molecular complexity index is 761. The van der Waals surface area contributed by atoms with Gasteiger partial charge in [0.25, 0.3) is 10.0 Å². The summed E-state index contributed by atoms with van der Waals surface area (Å²) in [5.74, 6) is -1.13. The molecule has 114 valence electrons. The van der Waals surface area contributed by atoms with Crippen molar-refractivity contribution in [1.29, 1.82) is 0 Å². The van der Waals surface area contributed by atoms with E-state index in [1.54, 1.807) is 0 Å². The summed E-state index contributed by atoms with van der Waals surface area (Å²) in [6.07, 6.45) is 3.19. The van der Waals surface area contributed by atoms with Gasteiger partial charge in [-0.15, -0.1) is 0 Å². The second kappa shape index (κ2) is 5.56. The Balaban J connectivity index is 2.38. The zero-order valence-corrected chi connectivity index (χ0v) is 12.3. The Morgan fingerprint density at radius 1 is 1.48 bits per heavy atom. The third-order valence-electron chi connectivity index (χ3n) is 2.80. The van der Waals surface area contributed by atoms with Crippen LogP contribution in [0.1, 0.15) is 23.8 Å². The number of aromatic carboxylic acids is 1. The summed E-state index contributed by atoms with van der Waals surface area (Å²) in [5, 5.41) is 12.9. The average Bonchev–Trinajstić information content (AvgIpc) is 2.97. The fraction of sp³-hybridized carbons (Fsp3) is 0.364. The molecule has 0 unspecified atom stereocenters. The van der Waals surface area contributed by atoms with Crippen LogP contribution in [0.5, 0.6) is 0 Å². The summed E-state index contributed by atoms with van der Waals surface area (Å²) < 4.78 is 29.4. The smallest absolute Gasteiger partial charge is 0.352 e. The van der Waals surface area contributed by atoms with Crippen molar-refractivity contribution in [2.45, 2.75) is 24.8 Å². The Hall–Kier alpha value is -2.36. The van der Waals surface area contributed by atoms with Gasteiger partial charge in [-0.2, -0.15) is 10.1 Å².